The monoisotopic (exact) mass is 524 g/mol. The smallest absolute Gasteiger partial charge is 0.412 e. The number of hydrogen-bond donors (Lipinski definition) is 2. The molecule has 0 saturated heterocycles. The first-order valence-electron chi connectivity index (χ1n) is 11.0. The number of ether oxygens (including phenoxy) is 1. The summed E-state index contributed by atoms with van der Waals surface area (Å²) in [6.45, 7) is 3.43. The minimum Gasteiger partial charge on any atom is -0.478 e. The Morgan fingerprint density at radius 2 is 1.78 bits per heavy atom. The van der Waals surface area contributed by atoms with Crippen LogP contribution in [0.15, 0.2) is 71.3 Å². The van der Waals surface area contributed by atoms with Crippen molar-refractivity contribution in [2.75, 3.05) is 5.32 Å². The molecule has 0 aliphatic rings. The number of nitrogens with one attached hydrogen (secondary N) is 1. The van der Waals surface area contributed by atoms with Gasteiger partial charge in [-0.05, 0) is 55.7 Å². The van der Waals surface area contributed by atoms with Crippen molar-refractivity contribution in [3.05, 3.63) is 105 Å². The highest BCUT2D eigenvalue weighted by Gasteiger charge is 2.20. The van der Waals surface area contributed by atoms with Crippen LogP contribution in [-0.4, -0.2) is 22.3 Å². The maximum Gasteiger partial charge on any atom is 0.412 e. The third-order valence-electron chi connectivity index (χ3n) is 5.63. The zero-order chi connectivity index (χ0) is 25.8. The summed E-state index contributed by atoms with van der Waals surface area (Å²) in [5, 5.41) is 17.1. The van der Waals surface area contributed by atoms with E-state index in [1.54, 1.807) is 44.2 Å². The number of aromatic nitrogens is 1. The van der Waals surface area contributed by atoms with E-state index < -0.39 is 18.2 Å². The number of nitrogens with zero attached hydrogens (tertiary/aromatic N) is 1. The molecule has 2 N–H and O–H groups in total. The number of rotatable bonds is 7. The van der Waals surface area contributed by atoms with Crippen LogP contribution >= 0.6 is 23.2 Å². The molecule has 0 aliphatic heterocycles. The fraction of sp³-hybridized carbons (Fsp3) is 0.148. The number of aromatic carboxylic acids is 1. The molecule has 1 heterocycles. The summed E-state index contributed by atoms with van der Waals surface area (Å²) in [6.07, 6.45) is -0.775. The normalized spacial score (nSPS) is 11.7. The summed E-state index contributed by atoms with van der Waals surface area (Å²) in [5.74, 6) is -0.585. The number of aryl methyl sites for hydroxylation is 1. The second kappa shape index (κ2) is 10.8. The molecule has 0 radical (unpaired) electrons. The molecule has 9 heteroatoms. The first kappa shape index (κ1) is 25.3. The van der Waals surface area contributed by atoms with Crippen molar-refractivity contribution >= 4 is 41.0 Å². The average Bonchev–Trinajstić information content (AvgIpc) is 3.20. The Morgan fingerprint density at radius 3 is 2.47 bits per heavy atom. The largest absolute Gasteiger partial charge is 0.478 e. The van der Waals surface area contributed by atoms with Crippen molar-refractivity contribution < 1.29 is 24.0 Å². The minimum atomic E-state index is -1.01. The van der Waals surface area contributed by atoms with Crippen LogP contribution in [0.25, 0.3) is 11.3 Å². The van der Waals surface area contributed by atoms with Gasteiger partial charge in [0.15, 0.2) is 5.76 Å². The van der Waals surface area contributed by atoms with Gasteiger partial charge in [0.05, 0.1) is 5.56 Å². The maximum absolute atomic E-state index is 12.6. The number of anilines is 1. The van der Waals surface area contributed by atoms with Gasteiger partial charge in [-0.2, -0.15) is 0 Å². The summed E-state index contributed by atoms with van der Waals surface area (Å²) in [4.78, 5) is 23.9. The number of carbonyl (C=O) groups excluding carboxylic acids is 1. The Balaban J connectivity index is 1.49. The summed E-state index contributed by atoms with van der Waals surface area (Å²) < 4.78 is 10.8. The number of hydrogen-bond acceptors (Lipinski definition) is 5. The van der Waals surface area contributed by atoms with E-state index in [1.165, 1.54) is 6.07 Å². The zero-order valence-corrected chi connectivity index (χ0v) is 20.9. The molecule has 4 rings (SSSR count). The van der Waals surface area contributed by atoms with Crippen molar-refractivity contribution in [3.63, 3.8) is 0 Å². The predicted octanol–water partition coefficient (Wildman–Crippen LogP) is 7.56. The van der Waals surface area contributed by atoms with Gasteiger partial charge in [-0.15, -0.1) is 0 Å². The first-order valence-corrected chi connectivity index (χ1v) is 11.8. The van der Waals surface area contributed by atoms with Gasteiger partial charge < -0.3 is 14.4 Å². The molecule has 0 fully saturated rings. The molecule has 0 saturated carbocycles. The van der Waals surface area contributed by atoms with Crippen molar-refractivity contribution in [3.8, 4) is 11.3 Å². The number of carboxylic acids is 1. The third kappa shape index (κ3) is 5.70. The molecule has 36 heavy (non-hydrogen) atoms. The highest BCUT2D eigenvalue weighted by molar-refractivity contribution is 6.31. The lowest BCUT2D eigenvalue weighted by Gasteiger charge is -2.15. The van der Waals surface area contributed by atoms with Crippen LogP contribution in [-0.2, 0) is 11.2 Å². The molecule has 184 valence electrons. The molecule has 1 atom stereocenters. The molecular weight excluding hydrogens is 503 g/mol. The standard InChI is InChI=1S/C27H22Cl2N2O5/c1-15(21-5-3-4-6-23(21)29)35-27(34)30-24-16(2)36-31-25(24)18-9-7-17(8-10-18)13-20-14-19(26(32)33)11-12-22(20)28/h3-12,14-15H,13H2,1-2H3,(H,30,34)(H,32,33). The van der Waals surface area contributed by atoms with Crippen molar-refractivity contribution in [2.24, 2.45) is 0 Å². The fourth-order valence-corrected chi connectivity index (χ4v) is 4.19. The molecule has 0 bridgehead atoms. The lowest BCUT2D eigenvalue weighted by atomic mass is 10.0. The van der Waals surface area contributed by atoms with E-state index in [9.17, 15) is 14.7 Å². The molecule has 1 unspecified atom stereocenters. The van der Waals surface area contributed by atoms with Gasteiger partial charge in [0.1, 0.15) is 17.5 Å². The van der Waals surface area contributed by atoms with Gasteiger partial charge in [0, 0.05) is 21.2 Å². The zero-order valence-electron chi connectivity index (χ0n) is 19.4. The van der Waals surface area contributed by atoms with E-state index in [-0.39, 0.29) is 5.56 Å². The Bertz CT molecular complexity index is 1420. The molecule has 0 spiro atoms. The molecule has 4 aromatic rings. The van der Waals surface area contributed by atoms with Gasteiger partial charge in [0.2, 0.25) is 0 Å². The van der Waals surface area contributed by atoms with Crippen LogP contribution in [0.3, 0.4) is 0 Å². The van der Waals surface area contributed by atoms with E-state index in [0.29, 0.717) is 44.7 Å². The fourth-order valence-electron chi connectivity index (χ4n) is 3.72. The van der Waals surface area contributed by atoms with Crippen molar-refractivity contribution in [2.45, 2.75) is 26.4 Å². The lowest BCUT2D eigenvalue weighted by molar-refractivity contribution is 0.0696. The number of halogens is 2. The van der Waals surface area contributed by atoms with Gasteiger partial charge in [-0.3, -0.25) is 5.32 Å². The maximum atomic E-state index is 12.6. The van der Waals surface area contributed by atoms with Gasteiger partial charge in [-0.1, -0.05) is 70.8 Å². The van der Waals surface area contributed by atoms with E-state index in [2.05, 4.69) is 10.5 Å². The Labute approximate surface area is 217 Å². The topological polar surface area (TPSA) is 102 Å². The summed E-state index contributed by atoms with van der Waals surface area (Å²) in [5.41, 5.74) is 4.07. The third-order valence-corrected chi connectivity index (χ3v) is 6.34. The van der Waals surface area contributed by atoms with E-state index in [4.69, 9.17) is 32.5 Å². The molecule has 7 nitrogen and oxygen atoms in total. The second-order valence-electron chi connectivity index (χ2n) is 8.14. The Morgan fingerprint density at radius 1 is 1.06 bits per heavy atom. The van der Waals surface area contributed by atoms with Crippen LogP contribution in [0.5, 0.6) is 0 Å². The quantitative estimate of drug-likeness (QED) is 0.258. The van der Waals surface area contributed by atoms with Crippen LogP contribution in [0.1, 0.15) is 45.8 Å². The lowest BCUT2D eigenvalue weighted by Crippen LogP contribution is -2.17. The van der Waals surface area contributed by atoms with Gasteiger partial charge in [-0.25, -0.2) is 9.59 Å². The predicted molar refractivity (Wildman–Crippen MR) is 138 cm³/mol. The second-order valence-corrected chi connectivity index (χ2v) is 8.96. The molecule has 3 aromatic carbocycles. The molecule has 1 aromatic heterocycles. The number of benzene rings is 3. The van der Waals surface area contributed by atoms with Crippen molar-refractivity contribution in [1.82, 2.24) is 5.16 Å². The summed E-state index contributed by atoms with van der Waals surface area (Å²) >= 11 is 12.5. The Kier molecular flexibility index (Phi) is 7.62. The van der Waals surface area contributed by atoms with Crippen LogP contribution in [0.4, 0.5) is 10.5 Å². The summed E-state index contributed by atoms with van der Waals surface area (Å²) in [7, 11) is 0. The first-order chi connectivity index (χ1) is 17.2. The van der Waals surface area contributed by atoms with Gasteiger partial charge in [0.25, 0.3) is 0 Å². The van der Waals surface area contributed by atoms with Gasteiger partial charge >= 0.3 is 12.1 Å². The molecular formula is C27H22Cl2N2O5. The molecule has 1 amide bonds. The van der Waals surface area contributed by atoms with E-state index in [0.717, 1.165) is 11.1 Å². The Hall–Kier alpha value is -3.81. The highest BCUT2D eigenvalue weighted by atomic mass is 35.5. The number of carbonyl (C=O) groups is 2. The van der Waals surface area contributed by atoms with Crippen LogP contribution in [0.2, 0.25) is 10.0 Å². The average molecular weight is 525 g/mol. The van der Waals surface area contributed by atoms with E-state index >= 15 is 0 Å². The van der Waals surface area contributed by atoms with Crippen LogP contribution in [0, 0.1) is 6.92 Å². The van der Waals surface area contributed by atoms with Crippen LogP contribution < -0.4 is 5.32 Å². The van der Waals surface area contributed by atoms with E-state index in [1.807, 2.05) is 30.3 Å². The highest BCUT2D eigenvalue weighted by Crippen LogP contribution is 2.32. The number of carboxylic acid groups (broad SMARTS) is 1. The molecule has 0 aliphatic carbocycles. The SMILES string of the molecule is Cc1onc(-c2ccc(Cc3cc(C(=O)O)ccc3Cl)cc2)c1NC(=O)OC(C)c1ccccc1Cl. The van der Waals surface area contributed by atoms with Crippen molar-refractivity contribution in [1.29, 1.82) is 0 Å². The number of amides is 1. The summed E-state index contributed by atoms with van der Waals surface area (Å²) in [6, 6.07) is 19.2. The minimum absolute atomic E-state index is 0.176.